The van der Waals surface area contributed by atoms with Crippen molar-refractivity contribution >= 4 is 110 Å². The predicted molar refractivity (Wildman–Crippen MR) is 231 cm³/mol. The fourth-order valence-electron chi connectivity index (χ4n) is 8.23. The maximum atomic E-state index is 6.51. The lowest BCUT2D eigenvalue weighted by molar-refractivity contribution is 0.669. The lowest BCUT2D eigenvalue weighted by Gasteiger charge is -2.21. The molecule has 230 valence electrons. The van der Waals surface area contributed by atoms with E-state index in [1.807, 2.05) is 0 Å². The Bertz CT molecular complexity index is 2720. The lowest BCUT2D eigenvalue weighted by Crippen LogP contribution is -2.55. The summed E-state index contributed by atoms with van der Waals surface area (Å²) in [7, 11) is 11.3. The molecule has 9 rings (SSSR count). The van der Waals surface area contributed by atoms with E-state index in [4.69, 9.17) is 4.42 Å². The van der Waals surface area contributed by atoms with Crippen LogP contribution >= 0.6 is 0 Å². The Labute approximate surface area is 297 Å². The number of fused-ring (bicyclic) bond motifs is 5. The van der Waals surface area contributed by atoms with Crippen LogP contribution in [0.4, 0.5) is 0 Å². The average molecular weight is 632 g/mol. The van der Waals surface area contributed by atoms with Crippen LogP contribution < -0.4 is 27.3 Å². The van der Waals surface area contributed by atoms with Gasteiger partial charge in [-0.25, -0.2) is 0 Å². The quantitative estimate of drug-likeness (QED) is 0.213. The first-order chi connectivity index (χ1) is 24.4. The van der Waals surface area contributed by atoms with Gasteiger partial charge in [0.1, 0.15) is 50.4 Å². The molecule has 1 aromatic heterocycles. The first-order valence-corrected chi connectivity index (χ1v) is 17.5. The van der Waals surface area contributed by atoms with Crippen molar-refractivity contribution in [2.24, 2.45) is 0 Å². The van der Waals surface area contributed by atoms with Crippen LogP contribution in [-0.2, 0) is 0 Å². The van der Waals surface area contributed by atoms with Crippen molar-refractivity contribution in [2.75, 3.05) is 0 Å². The molecule has 1 heterocycles. The third-order valence-corrected chi connectivity index (χ3v) is 11.3. The van der Waals surface area contributed by atoms with Crippen molar-refractivity contribution in [3.8, 4) is 44.5 Å². The van der Waals surface area contributed by atoms with Crippen LogP contribution in [0.15, 0.2) is 144 Å². The topological polar surface area (TPSA) is 13.1 Å². The number of rotatable bonds is 4. The van der Waals surface area contributed by atoms with E-state index in [-0.39, 0.29) is 0 Å². The Morgan fingerprint density at radius 3 is 1.32 bits per heavy atom. The van der Waals surface area contributed by atoms with E-state index in [2.05, 4.69) is 179 Å². The molecule has 0 aliphatic rings. The van der Waals surface area contributed by atoms with Crippen LogP contribution in [0.1, 0.15) is 0 Å². The second-order valence-electron chi connectivity index (χ2n) is 13.8. The second kappa shape index (κ2) is 11.8. The average Bonchev–Trinajstić information content (AvgIpc) is 3.53. The zero-order valence-corrected chi connectivity index (χ0v) is 29.2. The first kappa shape index (κ1) is 30.5. The SMILES string of the molecule is Bc1c(B)c(B)c(-c2ccc(-c3c4ccccc4c(-c4ccc5c(c4)oc4ccc(-c6ccccc6)cc45)c4ccccc34)cc2)c(B)c1B. The van der Waals surface area contributed by atoms with Crippen molar-refractivity contribution in [2.45, 2.75) is 0 Å². The third kappa shape index (κ3) is 4.70. The van der Waals surface area contributed by atoms with Gasteiger partial charge in [-0.3, -0.25) is 0 Å². The van der Waals surface area contributed by atoms with E-state index < -0.39 is 0 Å². The van der Waals surface area contributed by atoms with Crippen LogP contribution in [0, 0.1) is 0 Å². The summed E-state index contributed by atoms with van der Waals surface area (Å²) in [6, 6.07) is 50.8. The largest absolute Gasteiger partial charge is 0.456 e. The number of furan rings is 1. The standard InChI is InChI=1S/C44H33B5O/c45-40-39(41(46)43(48)44(49)42(40)47)26-16-14-25(15-17-26)37-30-10-4-6-12-32(30)38(33-13-7-5-11-31(33)37)28-18-20-29-34-22-27(24-8-2-1-3-9-24)19-21-35(34)50-36(29)23-28/h1-23H,45-49H2. The molecule has 6 heteroatoms. The van der Waals surface area contributed by atoms with E-state index in [0.717, 1.165) is 27.5 Å². The molecule has 0 spiro atoms. The number of hydrogen-bond acceptors (Lipinski definition) is 1. The van der Waals surface area contributed by atoms with Crippen LogP contribution in [0.3, 0.4) is 0 Å². The molecule has 0 N–H and O–H groups in total. The minimum atomic E-state index is 0.905. The van der Waals surface area contributed by atoms with Gasteiger partial charge in [0.25, 0.3) is 0 Å². The monoisotopic (exact) mass is 632 g/mol. The highest BCUT2D eigenvalue weighted by Gasteiger charge is 2.19. The molecule has 0 bridgehead atoms. The third-order valence-electron chi connectivity index (χ3n) is 11.3. The Morgan fingerprint density at radius 1 is 0.280 bits per heavy atom. The lowest BCUT2D eigenvalue weighted by atomic mass is 9.59. The summed E-state index contributed by atoms with van der Waals surface area (Å²) in [6.45, 7) is 0. The van der Waals surface area contributed by atoms with Gasteiger partial charge >= 0.3 is 0 Å². The fraction of sp³-hybridized carbons (Fsp3) is 0. The summed E-state index contributed by atoms with van der Waals surface area (Å²) < 4.78 is 6.51. The molecule has 0 fully saturated rings. The van der Waals surface area contributed by atoms with E-state index in [0.29, 0.717) is 0 Å². The van der Waals surface area contributed by atoms with Gasteiger partial charge in [-0.2, -0.15) is 0 Å². The van der Waals surface area contributed by atoms with Gasteiger partial charge in [0.15, 0.2) is 0 Å². The molecule has 0 aliphatic heterocycles. The molecular formula is C44H33B5O. The van der Waals surface area contributed by atoms with Gasteiger partial charge in [0.05, 0.1) is 0 Å². The molecule has 0 atom stereocenters. The minimum absolute atomic E-state index is 0.905. The Balaban J connectivity index is 1.21. The molecule has 0 unspecified atom stereocenters. The maximum Gasteiger partial charge on any atom is 0.139 e. The summed E-state index contributed by atoms with van der Waals surface area (Å²) in [4.78, 5) is 0. The molecular weight excluding hydrogens is 599 g/mol. The molecule has 0 saturated carbocycles. The summed E-state index contributed by atoms with van der Waals surface area (Å²) in [6.07, 6.45) is 0. The second-order valence-corrected chi connectivity index (χ2v) is 13.8. The highest BCUT2D eigenvalue weighted by Crippen LogP contribution is 2.45. The highest BCUT2D eigenvalue weighted by atomic mass is 16.3. The van der Waals surface area contributed by atoms with Crippen LogP contribution in [-0.4, -0.2) is 39.2 Å². The number of hydrogen-bond donors (Lipinski definition) is 0. The molecule has 9 aromatic rings. The highest BCUT2D eigenvalue weighted by molar-refractivity contribution is 6.68. The van der Waals surface area contributed by atoms with Crippen LogP contribution in [0.5, 0.6) is 0 Å². The van der Waals surface area contributed by atoms with E-state index in [1.54, 1.807) is 0 Å². The number of benzene rings is 8. The normalized spacial score (nSPS) is 11.6. The first-order valence-electron chi connectivity index (χ1n) is 17.5. The molecule has 0 radical (unpaired) electrons. The van der Waals surface area contributed by atoms with E-state index in [9.17, 15) is 0 Å². The van der Waals surface area contributed by atoms with Gasteiger partial charge in [0.2, 0.25) is 0 Å². The van der Waals surface area contributed by atoms with Crippen LogP contribution in [0.25, 0.3) is 88.0 Å². The van der Waals surface area contributed by atoms with Crippen molar-refractivity contribution in [3.05, 3.63) is 140 Å². The van der Waals surface area contributed by atoms with Gasteiger partial charge in [-0.1, -0.05) is 126 Å². The summed E-state index contributed by atoms with van der Waals surface area (Å²) >= 11 is 0. The van der Waals surface area contributed by atoms with Gasteiger partial charge in [-0.05, 0) is 90.3 Å². The molecule has 0 amide bonds. The summed E-state index contributed by atoms with van der Waals surface area (Å²) in [5.41, 5.74) is 18.7. The summed E-state index contributed by atoms with van der Waals surface area (Å²) in [5, 5.41) is 7.26. The van der Waals surface area contributed by atoms with Gasteiger partial charge in [0, 0.05) is 10.8 Å². The zero-order chi connectivity index (χ0) is 34.1. The smallest absolute Gasteiger partial charge is 0.139 e. The van der Waals surface area contributed by atoms with E-state index >= 15 is 0 Å². The van der Waals surface area contributed by atoms with Crippen molar-refractivity contribution in [1.82, 2.24) is 0 Å². The van der Waals surface area contributed by atoms with Crippen molar-refractivity contribution < 1.29 is 4.42 Å². The zero-order valence-electron chi connectivity index (χ0n) is 29.2. The summed E-state index contributed by atoms with van der Waals surface area (Å²) in [5.74, 6) is 0. The Kier molecular flexibility index (Phi) is 7.18. The Morgan fingerprint density at radius 2 is 0.740 bits per heavy atom. The van der Waals surface area contributed by atoms with Crippen LogP contribution in [0.2, 0.25) is 0 Å². The van der Waals surface area contributed by atoms with E-state index in [1.165, 1.54) is 87.8 Å². The Hall–Kier alpha value is -5.60. The predicted octanol–water partition coefficient (Wildman–Crippen LogP) is 3.85. The van der Waals surface area contributed by atoms with Crippen molar-refractivity contribution in [1.29, 1.82) is 0 Å². The van der Waals surface area contributed by atoms with Gasteiger partial charge < -0.3 is 4.42 Å². The molecule has 0 saturated heterocycles. The van der Waals surface area contributed by atoms with Crippen molar-refractivity contribution in [3.63, 3.8) is 0 Å². The fourth-order valence-corrected chi connectivity index (χ4v) is 8.23. The molecule has 1 nitrogen and oxygen atoms in total. The molecule has 0 aliphatic carbocycles. The minimum Gasteiger partial charge on any atom is -0.456 e. The van der Waals surface area contributed by atoms with Gasteiger partial charge in [-0.15, -0.1) is 16.4 Å². The molecule has 8 aromatic carbocycles. The molecule has 50 heavy (non-hydrogen) atoms. The maximum absolute atomic E-state index is 6.51.